The first-order chi connectivity index (χ1) is 5.70. The number of carbonyl (C=O) groups excluding carboxylic acids is 1. The molecule has 1 heteroatoms. The maximum absolute atomic E-state index is 11.6. The molecule has 0 spiro atoms. The Kier molecular flexibility index (Phi) is 1.82. The summed E-state index contributed by atoms with van der Waals surface area (Å²) in [6.45, 7) is 6.28. The van der Waals surface area contributed by atoms with E-state index in [0.717, 1.165) is 12.8 Å². The zero-order valence-corrected chi connectivity index (χ0v) is 7.68. The minimum atomic E-state index is 0.339. The number of carbonyl (C=O) groups is 1. The summed E-state index contributed by atoms with van der Waals surface area (Å²) < 4.78 is 0. The van der Waals surface area contributed by atoms with Gasteiger partial charge in [0.2, 0.25) is 0 Å². The van der Waals surface area contributed by atoms with Crippen LogP contribution in [0, 0.1) is 17.8 Å². The highest BCUT2D eigenvalue weighted by atomic mass is 16.1. The van der Waals surface area contributed by atoms with Gasteiger partial charge in [0.15, 0.2) is 0 Å². The van der Waals surface area contributed by atoms with Crippen molar-refractivity contribution in [2.24, 2.45) is 17.8 Å². The Morgan fingerprint density at radius 1 is 1.33 bits per heavy atom. The van der Waals surface area contributed by atoms with Gasteiger partial charge in [-0.15, -0.1) is 0 Å². The molecule has 0 heterocycles. The van der Waals surface area contributed by atoms with Crippen molar-refractivity contribution in [2.45, 2.75) is 32.6 Å². The molecular weight excluding hydrogens is 148 g/mol. The molecule has 0 unspecified atom stereocenters. The number of hydrogen-bond donors (Lipinski definition) is 0. The van der Waals surface area contributed by atoms with Gasteiger partial charge in [-0.05, 0) is 31.1 Å². The second kappa shape index (κ2) is 2.72. The monoisotopic (exact) mass is 164 g/mol. The van der Waals surface area contributed by atoms with E-state index in [-0.39, 0.29) is 0 Å². The molecule has 0 amide bonds. The van der Waals surface area contributed by atoms with Crippen LogP contribution < -0.4 is 0 Å². The first kappa shape index (κ1) is 8.03. The number of ketones is 1. The number of hydrogen-bond acceptors (Lipinski definition) is 1. The molecule has 0 aromatic heterocycles. The van der Waals surface area contributed by atoms with E-state index in [0.29, 0.717) is 23.5 Å². The molecule has 2 saturated carbocycles. The number of rotatable bonds is 0. The van der Waals surface area contributed by atoms with Crippen molar-refractivity contribution in [3.8, 4) is 0 Å². The molecule has 66 valence electrons. The van der Waals surface area contributed by atoms with Crippen molar-refractivity contribution in [1.29, 1.82) is 0 Å². The van der Waals surface area contributed by atoms with E-state index in [1.165, 1.54) is 18.4 Å². The van der Waals surface area contributed by atoms with Gasteiger partial charge in [-0.1, -0.05) is 19.1 Å². The molecule has 2 rings (SSSR count). The van der Waals surface area contributed by atoms with E-state index < -0.39 is 0 Å². The van der Waals surface area contributed by atoms with Gasteiger partial charge in [0.1, 0.15) is 5.78 Å². The third kappa shape index (κ3) is 1.03. The quantitative estimate of drug-likeness (QED) is 0.503. The summed E-state index contributed by atoms with van der Waals surface area (Å²) in [4.78, 5) is 11.6. The first-order valence-electron chi connectivity index (χ1n) is 4.90. The summed E-state index contributed by atoms with van der Waals surface area (Å²) >= 11 is 0. The second-order valence-corrected chi connectivity index (χ2v) is 4.31. The normalized spacial score (nSPS) is 41.6. The second-order valence-electron chi connectivity index (χ2n) is 4.31. The maximum Gasteiger partial charge on any atom is 0.137 e. The minimum Gasteiger partial charge on any atom is -0.299 e. The molecule has 0 aromatic carbocycles. The van der Waals surface area contributed by atoms with E-state index in [9.17, 15) is 4.79 Å². The lowest BCUT2D eigenvalue weighted by Crippen LogP contribution is -2.28. The van der Waals surface area contributed by atoms with Gasteiger partial charge in [-0.25, -0.2) is 0 Å². The lowest BCUT2D eigenvalue weighted by molar-refractivity contribution is -0.125. The van der Waals surface area contributed by atoms with Gasteiger partial charge >= 0.3 is 0 Å². The van der Waals surface area contributed by atoms with Crippen molar-refractivity contribution in [3.63, 3.8) is 0 Å². The highest BCUT2D eigenvalue weighted by Gasteiger charge is 2.41. The van der Waals surface area contributed by atoms with Gasteiger partial charge in [0.05, 0.1) is 0 Å². The summed E-state index contributed by atoms with van der Waals surface area (Å²) in [6, 6.07) is 0. The van der Waals surface area contributed by atoms with Crippen LogP contribution >= 0.6 is 0 Å². The maximum atomic E-state index is 11.6. The van der Waals surface area contributed by atoms with Crippen LogP contribution in [0.15, 0.2) is 12.2 Å². The highest BCUT2D eigenvalue weighted by molar-refractivity contribution is 5.83. The summed E-state index contributed by atoms with van der Waals surface area (Å²) in [5.74, 6) is 1.99. The summed E-state index contributed by atoms with van der Waals surface area (Å²) in [5.41, 5.74) is 1.34. The molecule has 0 aromatic rings. The lowest BCUT2D eigenvalue weighted by atomic mass is 9.75. The Hall–Kier alpha value is -0.590. The Morgan fingerprint density at radius 2 is 2.08 bits per heavy atom. The smallest absolute Gasteiger partial charge is 0.137 e. The van der Waals surface area contributed by atoms with Gasteiger partial charge in [0, 0.05) is 12.3 Å². The van der Waals surface area contributed by atoms with Crippen molar-refractivity contribution in [2.75, 3.05) is 0 Å². The fourth-order valence-corrected chi connectivity index (χ4v) is 2.83. The zero-order valence-electron chi connectivity index (χ0n) is 7.68. The van der Waals surface area contributed by atoms with Gasteiger partial charge in [-0.3, -0.25) is 4.79 Å². The van der Waals surface area contributed by atoms with E-state index in [1.54, 1.807) is 0 Å². The third-order valence-electron chi connectivity index (χ3n) is 3.57. The fraction of sp³-hybridized carbons (Fsp3) is 0.727. The molecule has 2 aliphatic carbocycles. The van der Waals surface area contributed by atoms with E-state index in [4.69, 9.17) is 0 Å². The molecular formula is C11H16O. The molecule has 2 aliphatic rings. The summed E-state index contributed by atoms with van der Waals surface area (Å²) in [7, 11) is 0. The average Bonchev–Trinajstić information content (AvgIpc) is 2.42. The predicted octanol–water partition coefficient (Wildman–Crippen LogP) is 2.57. The average molecular weight is 164 g/mol. The Bertz CT molecular complexity index is 229. The molecule has 0 saturated heterocycles. The molecule has 0 radical (unpaired) electrons. The van der Waals surface area contributed by atoms with Crippen molar-refractivity contribution >= 4 is 5.78 Å². The summed E-state index contributed by atoms with van der Waals surface area (Å²) in [6.07, 6.45) is 4.13. The Morgan fingerprint density at radius 3 is 2.75 bits per heavy atom. The van der Waals surface area contributed by atoms with Crippen LogP contribution in [0.5, 0.6) is 0 Å². The van der Waals surface area contributed by atoms with Crippen LogP contribution in [-0.2, 0) is 4.79 Å². The molecule has 3 atom stereocenters. The number of allylic oxidation sites excluding steroid dienone is 1. The van der Waals surface area contributed by atoms with Crippen LogP contribution in [0.4, 0.5) is 0 Å². The molecule has 12 heavy (non-hydrogen) atoms. The van der Waals surface area contributed by atoms with Crippen LogP contribution in [0.2, 0.25) is 0 Å². The topological polar surface area (TPSA) is 17.1 Å². The standard InChI is InChI=1S/C11H16O/c1-7-4-6-10(12)11-8(2)3-5-9(7)11/h8-9,11H,1,3-6H2,2H3/t8-,9+,11+/m0/s1. The molecule has 0 aliphatic heterocycles. The third-order valence-corrected chi connectivity index (χ3v) is 3.57. The van der Waals surface area contributed by atoms with Gasteiger partial charge < -0.3 is 0 Å². The largest absolute Gasteiger partial charge is 0.299 e. The zero-order chi connectivity index (χ0) is 8.72. The molecule has 0 N–H and O–H groups in total. The van der Waals surface area contributed by atoms with E-state index in [2.05, 4.69) is 13.5 Å². The lowest BCUT2D eigenvalue weighted by Gasteiger charge is -2.28. The van der Waals surface area contributed by atoms with Crippen molar-refractivity contribution in [1.82, 2.24) is 0 Å². The Balaban J connectivity index is 2.24. The number of fused-ring (bicyclic) bond motifs is 1. The van der Waals surface area contributed by atoms with E-state index in [1.807, 2.05) is 0 Å². The fourth-order valence-electron chi connectivity index (χ4n) is 2.83. The molecule has 0 bridgehead atoms. The first-order valence-corrected chi connectivity index (χ1v) is 4.90. The number of Topliss-reactive ketones (excluding diaryl/α,β-unsaturated/α-hetero) is 1. The van der Waals surface area contributed by atoms with Gasteiger partial charge in [0.25, 0.3) is 0 Å². The molecule has 1 nitrogen and oxygen atoms in total. The minimum absolute atomic E-state index is 0.339. The SMILES string of the molecule is C=C1CCC(=O)[C@H]2[C@@H]1CC[C@@H]2C. The highest BCUT2D eigenvalue weighted by Crippen LogP contribution is 2.45. The van der Waals surface area contributed by atoms with Crippen LogP contribution in [-0.4, -0.2) is 5.78 Å². The van der Waals surface area contributed by atoms with E-state index >= 15 is 0 Å². The van der Waals surface area contributed by atoms with Crippen LogP contribution in [0.1, 0.15) is 32.6 Å². The van der Waals surface area contributed by atoms with Crippen molar-refractivity contribution < 1.29 is 4.79 Å². The van der Waals surface area contributed by atoms with Gasteiger partial charge in [-0.2, -0.15) is 0 Å². The predicted molar refractivity (Wildman–Crippen MR) is 48.8 cm³/mol. The van der Waals surface area contributed by atoms with Crippen molar-refractivity contribution in [3.05, 3.63) is 12.2 Å². The molecule has 2 fully saturated rings. The summed E-state index contributed by atoms with van der Waals surface area (Å²) in [5, 5.41) is 0. The van der Waals surface area contributed by atoms with Crippen LogP contribution in [0.25, 0.3) is 0 Å². The van der Waals surface area contributed by atoms with Crippen LogP contribution in [0.3, 0.4) is 0 Å². The Labute approximate surface area is 73.8 Å².